The van der Waals surface area contributed by atoms with Crippen LogP contribution < -0.4 is 15.3 Å². The van der Waals surface area contributed by atoms with E-state index in [0.29, 0.717) is 15.7 Å². The lowest BCUT2D eigenvalue weighted by atomic mass is 10.1. The molecular formula is C17H15Cl2N4O3+. The van der Waals surface area contributed by atoms with Gasteiger partial charge in [0.1, 0.15) is 6.10 Å². The average molecular weight is 394 g/mol. The Hall–Kier alpha value is -2.61. The molecule has 0 saturated carbocycles. The van der Waals surface area contributed by atoms with Gasteiger partial charge in [-0.2, -0.15) is 0 Å². The van der Waals surface area contributed by atoms with Crippen LogP contribution in [0.1, 0.15) is 11.7 Å². The molecule has 1 aromatic heterocycles. The third-order valence-electron chi connectivity index (χ3n) is 3.47. The predicted molar refractivity (Wildman–Crippen MR) is 97.2 cm³/mol. The molecule has 0 aliphatic carbocycles. The second kappa shape index (κ2) is 8.18. The van der Waals surface area contributed by atoms with Crippen LogP contribution in [0.15, 0.2) is 59.3 Å². The Kier molecular flexibility index (Phi) is 5.72. The fraction of sp³-hybridized carbons (Fsp3) is 0.118. The summed E-state index contributed by atoms with van der Waals surface area (Å²) in [5.74, 6) is 0.128. The van der Waals surface area contributed by atoms with E-state index in [4.69, 9.17) is 27.7 Å². The molecule has 0 aliphatic rings. The summed E-state index contributed by atoms with van der Waals surface area (Å²) in [5, 5.41) is 19.8. The van der Waals surface area contributed by atoms with Crippen molar-refractivity contribution in [3.05, 3.63) is 70.3 Å². The molecule has 0 bridgehead atoms. The van der Waals surface area contributed by atoms with E-state index in [9.17, 15) is 9.90 Å². The van der Waals surface area contributed by atoms with Crippen LogP contribution in [0.25, 0.3) is 0 Å². The first-order valence-corrected chi connectivity index (χ1v) is 8.39. The summed E-state index contributed by atoms with van der Waals surface area (Å²) in [7, 11) is 0. The van der Waals surface area contributed by atoms with Crippen LogP contribution in [0.3, 0.4) is 0 Å². The van der Waals surface area contributed by atoms with Crippen molar-refractivity contribution < 1.29 is 19.1 Å². The van der Waals surface area contributed by atoms with Gasteiger partial charge in [0, 0.05) is 5.69 Å². The fourth-order valence-corrected chi connectivity index (χ4v) is 2.52. The number of rotatable bonds is 5. The first-order valence-electron chi connectivity index (χ1n) is 7.64. The van der Waals surface area contributed by atoms with E-state index in [1.165, 1.54) is 16.9 Å². The van der Waals surface area contributed by atoms with Crippen LogP contribution in [-0.2, 0) is 6.54 Å². The van der Waals surface area contributed by atoms with Crippen LogP contribution in [0.4, 0.5) is 16.4 Å². The monoisotopic (exact) mass is 393 g/mol. The number of aliphatic hydroxyl groups is 1. The van der Waals surface area contributed by atoms with Gasteiger partial charge in [-0.15, -0.1) is 0 Å². The van der Waals surface area contributed by atoms with E-state index in [1.807, 2.05) is 30.3 Å². The highest BCUT2D eigenvalue weighted by Crippen LogP contribution is 2.25. The van der Waals surface area contributed by atoms with Gasteiger partial charge in [-0.05, 0) is 28.4 Å². The van der Waals surface area contributed by atoms with Gasteiger partial charge in [0.25, 0.3) is 6.20 Å². The van der Waals surface area contributed by atoms with Crippen molar-refractivity contribution in [1.82, 2.24) is 5.27 Å². The minimum Gasteiger partial charge on any atom is -0.382 e. The maximum atomic E-state index is 12.0. The normalized spacial score (nSPS) is 11.8. The lowest BCUT2D eigenvalue weighted by Gasteiger charge is -2.05. The molecule has 1 unspecified atom stereocenters. The number of nitrogens with zero attached hydrogens (tertiary/aromatic N) is 2. The predicted octanol–water partition coefficient (Wildman–Crippen LogP) is 3.65. The summed E-state index contributed by atoms with van der Waals surface area (Å²) < 4.78 is 6.43. The number of hydrogen-bond acceptors (Lipinski definition) is 4. The molecule has 3 aromatic rings. The molecule has 0 fully saturated rings. The van der Waals surface area contributed by atoms with Crippen molar-refractivity contribution in [2.75, 3.05) is 10.6 Å². The minimum absolute atomic E-state index is 0.128. The molecule has 0 saturated heterocycles. The number of halogens is 2. The minimum atomic E-state index is -0.746. The average Bonchev–Trinajstić information content (AvgIpc) is 3.05. The molecule has 1 heterocycles. The van der Waals surface area contributed by atoms with Gasteiger partial charge < -0.3 is 10.4 Å². The summed E-state index contributed by atoms with van der Waals surface area (Å²) in [6.07, 6.45) is 0.727. The van der Waals surface area contributed by atoms with Crippen LogP contribution in [0.5, 0.6) is 0 Å². The summed E-state index contributed by atoms with van der Waals surface area (Å²) in [6, 6.07) is 13.4. The molecule has 9 heteroatoms. The van der Waals surface area contributed by atoms with Crippen LogP contribution in [0.2, 0.25) is 10.0 Å². The third kappa shape index (κ3) is 4.72. The topological polar surface area (TPSA) is 91.3 Å². The third-order valence-corrected chi connectivity index (χ3v) is 4.21. The maximum absolute atomic E-state index is 12.0. The Bertz CT molecular complexity index is 902. The van der Waals surface area contributed by atoms with Crippen molar-refractivity contribution in [1.29, 1.82) is 0 Å². The van der Waals surface area contributed by atoms with Gasteiger partial charge in [0.2, 0.25) is 11.8 Å². The SMILES string of the molecule is O=C(Nc1ccc(Cl)c(Cl)c1)Nc1c[n+](CC(O)c2ccccc2)no1. The zero-order valence-electron chi connectivity index (χ0n) is 13.4. The van der Waals surface area contributed by atoms with Gasteiger partial charge in [0.05, 0.1) is 10.0 Å². The number of carbonyl (C=O) groups excluding carboxylic acids is 1. The van der Waals surface area contributed by atoms with E-state index < -0.39 is 12.1 Å². The fourth-order valence-electron chi connectivity index (χ4n) is 2.23. The van der Waals surface area contributed by atoms with E-state index in [1.54, 1.807) is 12.1 Å². The summed E-state index contributed by atoms with van der Waals surface area (Å²) in [5.41, 5.74) is 1.23. The number of urea groups is 1. The number of amides is 2. The van der Waals surface area contributed by atoms with E-state index in [2.05, 4.69) is 15.9 Å². The van der Waals surface area contributed by atoms with E-state index >= 15 is 0 Å². The Balaban J connectivity index is 1.57. The molecule has 3 rings (SSSR count). The molecule has 3 N–H and O–H groups in total. The number of nitrogens with one attached hydrogen (secondary N) is 2. The molecule has 134 valence electrons. The number of anilines is 2. The zero-order chi connectivity index (χ0) is 18.5. The molecule has 1 atom stereocenters. The van der Waals surface area contributed by atoms with Crippen LogP contribution >= 0.6 is 23.2 Å². The van der Waals surface area contributed by atoms with Gasteiger partial charge in [-0.25, -0.2) is 4.79 Å². The van der Waals surface area contributed by atoms with Gasteiger partial charge in [0.15, 0.2) is 0 Å². The number of hydrogen-bond donors (Lipinski definition) is 3. The summed E-state index contributed by atoms with van der Waals surface area (Å²) >= 11 is 11.7. The zero-order valence-corrected chi connectivity index (χ0v) is 14.9. The van der Waals surface area contributed by atoms with Crippen molar-refractivity contribution in [2.24, 2.45) is 0 Å². The van der Waals surface area contributed by atoms with E-state index in [-0.39, 0.29) is 12.4 Å². The Morgan fingerprint density at radius 2 is 1.92 bits per heavy atom. The largest absolute Gasteiger partial charge is 0.382 e. The first-order chi connectivity index (χ1) is 12.5. The van der Waals surface area contributed by atoms with Crippen molar-refractivity contribution >= 4 is 40.8 Å². The van der Waals surface area contributed by atoms with Gasteiger partial charge in [-0.1, -0.05) is 53.5 Å². The van der Waals surface area contributed by atoms with E-state index in [0.717, 1.165) is 5.56 Å². The molecule has 0 spiro atoms. The molecular weight excluding hydrogens is 379 g/mol. The van der Waals surface area contributed by atoms with Crippen molar-refractivity contribution in [2.45, 2.75) is 12.6 Å². The second-order valence-electron chi connectivity index (χ2n) is 5.42. The number of aliphatic hydroxyl groups excluding tert-OH is 1. The molecule has 7 nitrogen and oxygen atoms in total. The molecule has 0 radical (unpaired) electrons. The quantitative estimate of drug-likeness (QED) is 0.577. The Labute approximate surface area is 159 Å². The highest BCUT2D eigenvalue weighted by atomic mass is 35.5. The lowest BCUT2D eigenvalue weighted by Crippen LogP contribution is -2.37. The van der Waals surface area contributed by atoms with Crippen molar-refractivity contribution in [3.63, 3.8) is 0 Å². The standard InChI is InChI=1S/C17H14Cl2N4O3/c18-13-7-6-12(8-14(13)19)20-17(25)21-16-10-23(22-26-16)9-15(24)11-4-2-1-3-5-11/h1-8,10,15,24H,9H2,(H-,20,21,22,25)/p+1. The number of benzene rings is 2. The summed E-state index contributed by atoms with van der Waals surface area (Å²) in [6.45, 7) is 0.184. The Morgan fingerprint density at radius 3 is 2.65 bits per heavy atom. The second-order valence-corrected chi connectivity index (χ2v) is 6.24. The van der Waals surface area contributed by atoms with Crippen molar-refractivity contribution in [3.8, 4) is 0 Å². The van der Waals surface area contributed by atoms with Crippen LogP contribution in [0, 0.1) is 0 Å². The highest BCUT2D eigenvalue weighted by molar-refractivity contribution is 6.42. The summed E-state index contributed by atoms with van der Waals surface area (Å²) in [4.78, 5) is 12.0. The molecule has 26 heavy (non-hydrogen) atoms. The lowest BCUT2D eigenvalue weighted by molar-refractivity contribution is -0.768. The number of aromatic nitrogens is 2. The highest BCUT2D eigenvalue weighted by Gasteiger charge is 2.19. The van der Waals surface area contributed by atoms with Gasteiger partial charge >= 0.3 is 11.9 Å². The molecule has 2 amide bonds. The van der Waals surface area contributed by atoms with Gasteiger partial charge in [-0.3, -0.25) is 9.84 Å². The molecule has 0 aliphatic heterocycles. The maximum Gasteiger partial charge on any atom is 0.326 e. The Morgan fingerprint density at radius 1 is 1.15 bits per heavy atom. The number of carbonyl (C=O) groups is 1. The smallest absolute Gasteiger partial charge is 0.326 e. The first kappa shape index (κ1) is 18.2. The molecule has 2 aromatic carbocycles. The van der Waals surface area contributed by atoms with Crippen LogP contribution in [-0.4, -0.2) is 16.4 Å².